The van der Waals surface area contributed by atoms with Crippen LogP contribution in [0, 0.1) is 0 Å². The van der Waals surface area contributed by atoms with Crippen LogP contribution in [-0.4, -0.2) is 36.2 Å². The molecule has 1 N–H and O–H groups in total. The SMILES string of the molecule is CC(C)c1cnc(SCC(=O)O)n1CCn1cccn1. The summed E-state index contributed by atoms with van der Waals surface area (Å²) in [6, 6.07) is 1.89. The molecule has 0 radical (unpaired) electrons. The molecule has 2 aromatic heterocycles. The highest BCUT2D eigenvalue weighted by Gasteiger charge is 2.14. The second-order valence-electron chi connectivity index (χ2n) is 4.72. The Balaban J connectivity index is 2.13. The average Bonchev–Trinajstić information content (AvgIpc) is 3.03. The number of rotatable bonds is 7. The number of nitrogens with zero attached hydrogens (tertiary/aromatic N) is 4. The zero-order valence-corrected chi connectivity index (χ0v) is 12.4. The van der Waals surface area contributed by atoms with Crippen LogP contribution >= 0.6 is 11.8 Å². The standard InChI is InChI=1S/C13H18N4O2S/c1-10(2)11-8-14-13(20-9-12(18)19)17(11)7-6-16-5-3-4-15-16/h3-5,8,10H,6-7,9H2,1-2H3,(H,18,19). The summed E-state index contributed by atoms with van der Waals surface area (Å²) >= 11 is 1.25. The highest BCUT2D eigenvalue weighted by molar-refractivity contribution is 7.99. The Labute approximate surface area is 121 Å². The van der Waals surface area contributed by atoms with Crippen molar-refractivity contribution in [2.75, 3.05) is 5.75 Å². The van der Waals surface area contributed by atoms with Gasteiger partial charge in [-0.05, 0) is 12.0 Å². The maximum Gasteiger partial charge on any atom is 0.313 e. The summed E-state index contributed by atoms with van der Waals surface area (Å²) in [4.78, 5) is 15.0. The molecule has 0 bridgehead atoms. The number of thioether (sulfide) groups is 1. The predicted octanol–water partition coefficient (Wildman–Crippen LogP) is 2.08. The Bertz CT molecular complexity index is 563. The summed E-state index contributed by atoms with van der Waals surface area (Å²) in [5.74, 6) is -0.460. The first kappa shape index (κ1) is 14.6. The molecule has 108 valence electrons. The summed E-state index contributed by atoms with van der Waals surface area (Å²) in [5.41, 5.74) is 1.12. The molecule has 0 amide bonds. The minimum Gasteiger partial charge on any atom is -0.481 e. The van der Waals surface area contributed by atoms with Crippen LogP contribution < -0.4 is 0 Å². The van der Waals surface area contributed by atoms with Crippen molar-refractivity contribution < 1.29 is 9.90 Å². The van der Waals surface area contributed by atoms with Gasteiger partial charge >= 0.3 is 5.97 Å². The molecule has 2 heterocycles. The highest BCUT2D eigenvalue weighted by atomic mass is 32.2. The number of aliphatic carboxylic acids is 1. The third-order valence-corrected chi connectivity index (χ3v) is 3.85. The normalized spacial score (nSPS) is 11.2. The first-order chi connectivity index (χ1) is 9.58. The van der Waals surface area contributed by atoms with Gasteiger partial charge in [0, 0.05) is 30.8 Å². The van der Waals surface area contributed by atoms with Gasteiger partial charge in [0.05, 0.1) is 12.3 Å². The van der Waals surface area contributed by atoms with E-state index in [9.17, 15) is 4.79 Å². The van der Waals surface area contributed by atoms with Gasteiger partial charge in [-0.3, -0.25) is 9.48 Å². The number of hydrogen-bond acceptors (Lipinski definition) is 4. The van der Waals surface area contributed by atoms with Crippen molar-refractivity contribution in [3.05, 3.63) is 30.4 Å². The van der Waals surface area contributed by atoms with Gasteiger partial charge in [0.15, 0.2) is 5.16 Å². The summed E-state index contributed by atoms with van der Waals surface area (Å²) in [6.07, 6.45) is 5.49. The number of aryl methyl sites for hydroxylation is 1. The minimum absolute atomic E-state index is 0.0241. The molecule has 0 aliphatic heterocycles. The van der Waals surface area contributed by atoms with E-state index in [1.165, 1.54) is 11.8 Å². The van der Waals surface area contributed by atoms with Crippen molar-refractivity contribution >= 4 is 17.7 Å². The van der Waals surface area contributed by atoms with Gasteiger partial charge in [-0.25, -0.2) is 4.98 Å². The second kappa shape index (κ2) is 6.60. The highest BCUT2D eigenvalue weighted by Crippen LogP contribution is 2.23. The van der Waals surface area contributed by atoms with E-state index < -0.39 is 5.97 Å². The Morgan fingerprint density at radius 3 is 2.85 bits per heavy atom. The van der Waals surface area contributed by atoms with Gasteiger partial charge in [0.1, 0.15) is 0 Å². The largest absolute Gasteiger partial charge is 0.481 e. The van der Waals surface area contributed by atoms with Crippen LogP contribution in [0.1, 0.15) is 25.5 Å². The number of carboxylic acid groups (broad SMARTS) is 1. The molecule has 0 fully saturated rings. The second-order valence-corrected chi connectivity index (χ2v) is 5.67. The van der Waals surface area contributed by atoms with E-state index in [2.05, 4.69) is 28.5 Å². The van der Waals surface area contributed by atoms with Gasteiger partial charge in [-0.15, -0.1) is 0 Å². The van der Waals surface area contributed by atoms with Crippen LogP contribution in [0.5, 0.6) is 0 Å². The van der Waals surface area contributed by atoms with Crippen molar-refractivity contribution in [2.45, 2.75) is 38.0 Å². The maximum atomic E-state index is 10.7. The molecular weight excluding hydrogens is 276 g/mol. The fraction of sp³-hybridized carbons (Fsp3) is 0.462. The van der Waals surface area contributed by atoms with Gasteiger partial charge in [-0.2, -0.15) is 5.10 Å². The lowest BCUT2D eigenvalue weighted by atomic mass is 10.1. The third-order valence-electron chi connectivity index (χ3n) is 2.88. The molecule has 2 aromatic rings. The van der Waals surface area contributed by atoms with Gasteiger partial charge in [0.25, 0.3) is 0 Å². The van der Waals surface area contributed by atoms with Crippen molar-refractivity contribution in [3.63, 3.8) is 0 Å². The fourth-order valence-corrected chi connectivity index (χ4v) is 2.67. The van der Waals surface area contributed by atoms with Gasteiger partial charge in [-0.1, -0.05) is 25.6 Å². The lowest BCUT2D eigenvalue weighted by Gasteiger charge is -2.13. The quantitative estimate of drug-likeness (QED) is 0.791. The van der Waals surface area contributed by atoms with E-state index >= 15 is 0 Å². The first-order valence-corrected chi connectivity index (χ1v) is 7.44. The Morgan fingerprint density at radius 2 is 2.25 bits per heavy atom. The van der Waals surface area contributed by atoms with E-state index in [0.717, 1.165) is 23.9 Å². The van der Waals surface area contributed by atoms with Crippen LogP contribution in [0.2, 0.25) is 0 Å². The van der Waals surface area contributed by atoms with Crippen LogP contribution in [-0.2, 0) is 17.9 Å². The number of imidazole rings is 1. The molecule has 0 spiro atoms. The Hall–Kier alpha value is -1.76. The van der Waals surface area contributed by atoms with Crippen molar-refractivity contribution in [1.82, 2.24) is 19.3 Å². The molecule has 6 nitrogen and oxygen atoms in total. The molecule has 0 aromatic carbocycles. The minimum atomic E-state index is -0.831. The number of hydrogen-bond donors (Lipinski definition) is 1. The predicted molar refractivity (Wildman–Crippen MR) is 76.9 cm³/mol. The molecule has 0 saturated heterocycles. The van der Waals surface area contributed by atoms with E-state index in [1.807, 2.05) is 23.1 Å². The molecule has 7 heteroatoms. The molecule has 0 aliphatic rings. The van der Waals surface area contributed by atoms with Crippen molar-refractivity contribution in [1.29, 1.82) is 0 Å². The summed E-state index contributed by atoms with van der Waals surface area (Å²) in [7, 11) is 0. The number of carbonyl (C=O) groups is 1. The van der Waals surface area contributed by atoms with Crippen LogP contribution in [0.4, 0.5) is 0 Å². The van der Waals surface area contributed by atoms with E-state index in [0.29, 0.717) is 5.92 Å². The van der Waals surface area contributed by atoms with Gasteiger partial charge < -0.3 is 9.67 Å². The zero-order valence-electron chi connectivity index (χ0n) is 11.6. The lowest BCUT2D eigenvalue weighted by Crippen LogP contribution is -2.12. The first-order valence-electron chi connectivity index (χ1n) is 6.45. The summed E-state index contributed by atoms with van der Waals surface area (Å²) < 4.78 is 3.94. The van der Waals surface area contributed by atoms with E-state index in [4.69, 9.17) is 5.11 Å². The summed E-state index contributed by atoms with van der Waals surface area (Å²) in [6.45, 7) is 5.68. The van der Waals surface area contributed by atoms with Crippen LogP contribution in [0.3, 0.4) is 0 Å². The monoisotopic (exact) mass is 294 g/mol. The molecular formula is C13H18N4O2S. The molecule has 2 rings (SSSR count). The van der Waals surface area contributed by atoms with Crippen LogP contribution in [0.15, 0.2) is 29.8 Å². The lowest BCUT2D eigenvalue weighted by molar-refractivity contribution is -0.133. The molecule has 0 atom stereocenters. The third kappa shape index (κ3) is 3.63. The smallest absolute Gasteiger partial charge is 0.313 e. The Morgan fingerprint density at radius 1 is 1.45 bits per heavy atom. The Kier molecular flexibility index (Phi) is 4.84. The summed E-state index contributed by atoms with van der Waals surface area (Å²) in [5, 5.41) is 13.7. The number of aromatic nitrogens is 4. The van der Waals surface area contributed by atoms with E-state index in [-0.39, 0.29) is 5.75 Å². The fourth-order valence-electron chi connectivity index (χ4n) is 1.93. The molecule has 20 heavy (non-hydrogen) atoms. The topological polar surface area (TPSA) is 72.9 Å². The average molecular weight is 294 g/mol. The van der Waals surface area contributed by atoms with Crippen molar-refractivity contribution in [2.24, 2.45) is 0 Å². The number of carboxylic acids is 1. The van der Waals surface area contributed by atoms with Crippen LogP contribution in [0.25, 0.3) is 0 Å². The molecule has 0 aliphatic carbocycles. The molecule has 0 saturated carbocycles. The molecule has 0 unspecified atom stereocenters. The van der Waals surface area contributed by atoms with E-state index in [1.54, 1.807) is 6.20 Å². The zero-order chi connectivity index (χ0) is 14.5. The van der Waals surface area contributed by atoms with Crippen molar-refractivity contribution in [3.8, 4) is 0 Å². The van der Waals surface area contributed by atoms with Gasteiger partial charge in [0.2, 0.25) is 0 Å². The maximum absolute atomic E-state index is 10.7.